The zero-order chi connectivity index (χ0) is 42.2. The molecule has 0 amide bonds. The number of nitrogens with one attached hydrogen (secondary N) is 1. The van der Waals surface area contributed by atoms with Gasteiger partial charge in [-0.3, -0.25) is 5.41 Å². The van der Waals surface area contributed by atoms with Gasteiger partial charge in [-0.25, -0.2) is 4.99 Å². The van der Waals surface area contributed by atoms with Gasteiger partial charge in [-0.05, 0) is 94.9 Å². The summed E-state index contributed by atoms with van der Waals surface area (Å²) in [6.45, 7) is 0. The molecule has 2 nitrogen and oxygen atoms in total. The molecule has 0 radical (unpaired) electrons. The zero-order valence-electron chi connectivity index (χ0n) is 34.6. The van der Waals surface area contributed by atoms with Crippen molar-refractivity contribution in [3.8, 4) is 33.4 Å². The number of rotatable bonds is 8. The van der Waals surface area contributed by atoms with Gasteiger partial charge in [-0.1, -0.05) is 237 Å². The van der Waals surface area contributed by atoms with E-state index in [-0.39, 0.29) is 5.84 Å². The molecule has 10 aromatic rings. The third-order valence-electron chi connectivity index (χ3n) is 12.7. The Morgan fingerprint density at radius 1 is 0.413 bits per heavy atom. The average Bonchev–Trinajstić information content (AvgIpc) is 3.67. The second-order valence-corrected chi connectivity index (χ2v) is 16.2. The van der Waals surface area contributed by atoms with Crippen molar-refractivity contribution in [3.05, 3.63) is 282 Å². The van der Waals surface area contributed by atoms with Gasteiger partial charge in [-0.15, -0.1) is 0 Å². The molecule has 1 N–H and O–H groups in total. The molecule has 0 heterocycles. The summed E-state index contributed by atoms with van der Waals surface area (Å²) in [5.74, 6) is 0.230. The van der Waals surface area contributed by atoms with E-state index in [1.54, 1.807) is 0 Å². The van der Waals surface area contributed by atoms with Crippen LogP contribution in [0.25, 0.3) is 61.0 Å². The topological polar surface area (TPSA) is 36.2 Å². The van der Waals surface area contributed by atoms with Crippen molar-refractivity contribution in [2.24, 2.45) is 4.99 Å². The number of allylic oxidation sites excluding steroid dienone is 1. The number of fused-ring (bicyclic) bond motifs is 6. The molecular formula is C61H42N2. The molecule has 10 aromatic carbocycles. The van der Waals surface area contributed by atoms with Crippen LogP contribution in [0, 0.1) is 5.41 Å². The summed E-state index contributed by atoms with van der Waals surface area (Å²) in [4.78, 5) is 4.80. The van der Waals surface area contributed by atoms with E-state index in [1.807, 2.05) is 66.7 Å². The molecule has 1 aliphatic rings. The van der Waals surface area contributed by atoms with Crippen LogP contribution in [0.4, 0.5) is 0 Å². The molecule has 0 aromatic heterocycles. The van der Waals surface area contributed by atoms with Crippen LogP contribution < -0.4 is 0 Å². The first-order valence-corrected chi connectivity index (χ1v) is 21.5. The maximum absolute atomic E-state index is 8.77. The summed E-state index contributed by atoms with van der Waals surface area (Å²) in [7, 11) is 0. The molecule has 0 unspecified atom stereocenters. The molecule has 0 fully saturated rings. The summed E-state index contributed by atoms with van der Waals surface area (Å²) >= 11 is 0. The molecule has 0 atom stereocenters. The standard InChI is InChI=1S/C61H42N2/c62-60(47-20-7-2-8-21-47)63-58(46-18-5-1-6-19-46)40-36-45-33-37-52(54-28-16-15-26-51(45)54)44-31-29-42(30-32-44)48-34-38-55-57(41-48)61(49-22-9-3-10-23-49,50-24-11-4-12-25-50)56-39-35-43-17-13-14-27-53(43)59(55)56/h1-41,62H/b40-36+,62-60?,63-58?. The highest BCUT2D eigenvalue weighted by molar-refractivity contribution is 6.18. The highest BCUT2D eigenvalue weighted by atomic mass is 14.8. The quantitative estimate of drug-likeness (QED) is 0.117. The first-order chi connectivity index (χ1) is 31.2. The fraction of sp³-hybridized carbons (Fsp3) is 0.0164. The fourth-order valence-electron chi connectivity index (χ4n) is 9.75. The number of aliphatic imine (C=N–C) groups is 1. The van der Waals surface area contributed by atoms with Gasteiger partial charge < -0.3 is 0 Å². The first-order valence-electron chi connectivity index (χ1n) is 21.5. The Bertz CT molecular complexity index is 3330. The Kier molecular flexibility index (Phi) is 9.60. The molecule has 296 valence electrons. The lowest BCUT2D eigenvalue weighted by Gasteiger charge is -2.34. The zero-order valence-corrected chi connectivity index (χ0v) is 34.6. The van der Waals surface area contributed by atoms with E-state index in [4.69, 9.17) is 10.4 Å². The summed E-state index contributed by atoms with van der Waals surface area (Å²) in [6.07, 6.45) is 4.16. The van der Waals surface area contributed by atoms with Crippen LogP contribution in [0.5, 0.6) is 0 Å². The smallest absolute Gasteiger partial charge is 0.152 e. The molecule has 0 bridgehead atoms. The third kappa shape index (κ3) is 6.61. The largest absolute Gasteiger partial charge is 0.282 e. The summed E-state index contributed by atoms with van der Waals surface area (Å²) < 4.78 is 0. The minimum atomic E-state index is -0.486. The Labute approximate surface area is 368 Å². The lowest BCUT2D eigenvalue weighted by molar-refractivity contribution is 0.769. The van der Waals surface area contributed by atoms with Gasteiger partial charge in [-0.2, -0.15) is 0 Å². The van der Waals surface area contributed by atoms with Gasteiger partial charge in [0.2, 0.25) is 0 Å². The van der Waals surface area contributed by atoms with Crippen molar-refractivity contribution in [2.75, 3.05) is 0 Å². The Balaban J connectivity index is 0.983. The molecule has 1 aliphatic carbocycles. The second-order valence-electron chi connectivity index (χ2n) is 16.2. The second kappa shape index (κ2) is 16.0. The van der Waals surface area contributed by atoms with Gasteiger partial charge in [0.05, 0.1) is 11.1 Å². The van der Waals surface area contributed by atoms with Crippen LogP contribution in [0.15, 0.2) is 248 Å². The summed E-state index contributed by atoms with van der Waals surface area (Å²) in [6, 6.07) is 84.5. The van der Waals surface area contributed by atoms with Gasteiger partial charge in [0.25, 0.3) is 0 Å². The fourth-order valence-corrected chi connectivity index (χ4v) is 9.75. The van der Waals surface area contributed by atoms with Crippen molar-refractivity contribution in [1.82, 2.24) is 0 Å². The predicted molar refractivity (Wildman–Crippen MR) is 265 cm³/mol. The van der Waals surface area contributed by atoms with Crippen molar-refractivity contribution >= 4 is 39.2 Å². The lowest BCUT2D eigenvalue weighted by Crippen LogP contribution is -2.28. The van der Waals surface area contributed by atoms with Crippen LogP contribution >= 0.6 is 0 Å². The highest BCUT2D eigenvalue weighted by Gasteiger charge is 2.46. The molecule has 0 saturated carbocycles. The van der Waals surface area contributed by atoms with Gasteiger partial charge in [0.15, 0.2) is 5.84 Å². The molecular weight excluding hydrogens is 761 g/mol. The Morgan fingerprint density at radius 2 is 0.952 bits per heavy atom. The molecule has 2 heteroatoms. The minimum Gasteiger partial charge on any atom is -0.282 e. The monoisotopic (exact) mass is 802 g/mol. The maximum Gasteiger partial charge on any atom is 0.152 e. The van der Waals surface area contributed by atoms with Crippen LogP contribution in [-0.4, -0.2) is 11.5 Å². The molecule has 0 aliphatic heterocycles. The van der Waals surface area contributed by atoms with E-state index in [9.17, 15) is 0 Å². The minimum absolute atomic E-state index is 0.230. The van der Waals surface area contributed by atoms with E-state index >= 15 is 0 Å². The third-order valence-corrected chi connectivity index (χ3v) is 12.7. The SMILES string of the molecule is N=C(N=C(/C=C/c1ccc(-c2ccc(-c3ccc4c(c3)C(c3ccccc3)(c3ccccc3)c3ccc5ccccc5c3-4)cc2)c2ccccc12)c1ccccc1)c1ccccc1. The first kappa shape index (κ1) is 37.8. The van der Waals surface area contributed by atoms with Gasteiger partial charge >= 0.3 is 0 Å². The number of hydrogen-bond acceptors (Lipinski definition) is 1. The normalized spacial score (nSPS) is 13.0. The Morgan fingerprint density at radius 3 is 1.63 bits per heavy atom. The predicted octanol–water partition coefficient (Wildman–Crippen LogP) is 15.2. The molecule has 0 spiro atoms. The van der Waals surface area contributed by atoms with Crippen LogP contribution in [0.2, 0.25) is 0 Å². The average molecular weight is 803 g/mol. The molecule has 11 rings (SSSR count). The van der Waals surface area contributed by atoms with Crippen molar-refractivity contribution in [3.63, 3.8) is 0 Å². The number of benzene rings is 10. The van der Waals surface area contributed by atoms with Crippen molar-refractivity contribution in [2.45, 2.75) is 5.41 Å². The van der Waals surface area contributed by atoms with Gasteiger partial charge in [0, 0.05) is 11.1 Å². The van der Waals surface area contributed by atoms with Crippen LogP contribution in [0.1, 0.15) is 38.9 Å². The van der Waals surface area contributed by atoms with Crippen LogP contribution in [-0.2, 0) is 5.41 Å². The number of hydrogen-bond donors (Lipinski definition) is 1. The number of nitrogens with zero attached hydrogens (tertiary/aromatic N) is 1. The van der Waals surface area contributed by atoms with E-state index in [1.165, 1.54) is 66.2 Å². The Hall–Kier alpha value is -8.20. The van der Waals surface area contributed by atoms with Gasteiger partial charge in [0.1, 0.15) is 0 Å². The maximum atomic E-state index is 8.77. The summed E-state index contributed by atoms with van der Waals surface area (Å²) in [5, 5.41) is 13.6. The van der Waals surface area contributed by atoms with Crippen molar-refractivity contribution < 1.29 is 0 Å². The van der Waals surface area contributed by atoms with Crippen molar-refractivity contribution in [1.29, 1.82) is 5.41 Å². The number of amidine groups is 1. The highest BCUT2D eigenvalue weighted by Crippen LogP contribution is 2.58. The van der Waals surface area contributed by atoms with E-state index in [0.29, 0.717) is 0 Å². The molecule has 63 heavy (non-hydrogen) atoms. The van der Waals surface area contributed by atoms with E-state index < -0.39 is 5.41 Å². The van der Waals surface area contributed by atoms with E-state index in [2.05, 4.69) is 182 Å². The summed E-state index contributed by atoms with van der Waals surface area (Å²) in [5.41, 5.74) is 15.5. The van der Waals surface area contributed by atoms with Crippen LogP contribution in [0.3, 0.4) is 0 Å². The molecule has 0 saturated heterocycles. The lowest BCUT2D eigenvalue weighted by atomic mass is 9.67. The van der Waals surface area contributed by atoms with E-state index in [0.717, 1.165) is 33.4 Å².